The molecule has 0 radical (unpaired) electrons. The van der Waals surface area contributed by atoms with Gasteiger partial charge < -0.3 is 24.2 Å². The zero-order valence-electron chi connectivity index (χ0n) is 21.2. The molecule has 202 valence electrons. The monoisotopic (exact) mass is 537 g/mol. The van der Waals surface area contributed by atoms with Gasteiger partial charge in [0.1, 0.15) is 36.1 Å². The SMILES string of the molecule is CCOC(=O)C(C)NP(=O)(Oc1ccccc1)OC(C)[C@@H](OC(O)n1cnc2c(C)ncnc21)C(C)O. The molecule has 0 saturated heterocycles. The Morgan fingerprint density at radius 1 is 1.14 bits per heavy atom. The van der Waals surface area contributed by atoms with Crippen LogP contribution in [0.4, 0.5) is 0 Å². The number of ether oxygens (including phenoxy) is 2. The van der Waals surface area contributed by atoms with Crippen molar-refractivity contribution in [2.24, 2.45) is 0 Å². The van der Waals surface area contributed by atoms with Crippen LogP contribution >= 0.6 is 7.75 Å². The first-order valence-electron chi connectivity index (χ1n) is 11.7. The third-order valence-corrected chi connectivity index (χ3v) is 7.03. The van der Waals surface area contributed by atoms with E-state index in [4.69, 9.17) is 18.5 Å². The van der Waals surface area contributed by atoms with Crippen LogP contribution in [0.2, 0.25) is 0 Å². The first-order chi connectivity index (χ1) is 17.5. The van der Waals surface area contributed by atoms with Crippen LogP contribution in [-0.4, -0.2) is 66.7 Å². The van der Waals surface area contributed by atoms with Gasteiger partial charge in [-0.05, 0) is 46.8 Å². The quantitative estimate of drug-likeness (QED) is 0.166. The summed E-state index contributed by atoms with van der Waals surface area (Å²) in [7, 11) is -4.24. The second-order valence-electron chi connectivity index (χ2n) is 8.27. The van der Waals surface area contributed by atoms with Crippen molar-refractivity contribution >= 4 is 24.9 Å². The molecule has 0 amide bonds. The maximum absolute atomic E-state index is 13.8. The minimum absolute atomic E-state index is 0.134. The Kier molecular flexibility index (Phi) is 9.71. The number of carbonyl (C=O) groups is 1. The van der Waals surface area contributed by atoms with Crippen molar-refractivity contribution in [1.29, 1.82) is 0 Å². The number of nitrogens with zero attached hydrogens (tertiary/aromatic N) is 4. The maximum Gasteiger partial charge on any atom is 0.459 e. The van der Waals surface area contributed by atoms with Crippen LogP contribution in [0.5, 0.6) is 5.75 Å². The lowest BCUT2D eigenvalue weighted by Crippen LogP contribution is -2.42. The summed E-state index contributed by atoms with van der Waals surface area (Å²) >= 11 is 0. The number of benzene rings is 1. The number of esters is 1. The second kappa shape index (κ2) is 12.5. The van der Waals surface area contributed by atoms with Crippen molar-refractivity contribution in [2.45, 2.75) is 65.4 Å². The minimum atomic E-state index is -4.24. The Hall–Kier alpha value is -2.93. The third-order valence-electron chi connectivity index (χ3n) is 5.26. The summed E-state index contributed by atoms with van der Waals surface area (Å²) in [6.45, 7) is 7.89. The average molecular weight is 538 g/mol. The fraction of sp³-hybridized carbons (Fsp3) is 0.478. The molecule has 0 fully saturated rings. The molecule has 14 heteroatoms. The van der Waals surface area contributed by atoms with Crippen molar-refractivity contribution in [1.82, 2.24) is 24.6 Å². The van der Waals surface area contributed by atoms with Gasteiger partial charge in [-0.2, -0.15) is 5.09 Å². The van der Waals surface area contributed by atoms with E-state index >= 15 is 0 Å². The summed E-state index contributed by atoms with van der Waals surface area (Å²) in [6, 6.07) is 7.20. The Morgan fingerprint density at radius 2 is 1.84 bits per heavy atom. The fourth-order valence-corrected chi connectivity index (χ4v) is 5.18. The van der Waals surface area contributed by atoms with Crippen LogP contribution in [0.3, 0.4) is 0 Å². The number of carbonyl (C=O) groups excluding carboxylic acids is 1. The number of aromatic nitrogens is 4. The molecule has 0 aliphatic heterocycles. The highest BCUT2D eigenvalue weighted by Gasteiger charge is 2.38. The Bertz CT molecular complexity index is 1220. The third kappa shape index (κ3) is 7.31. The minimum Gasteiger partial charge on any atom is -0.465 e. The lowest BCUT2D eigenvalue weighted by molar-refractivity contribution is -0.221. The fourth-order valence-electron chi connectivity index (χ4n) is 3.49. The van der Waals surface area contributed by atoms with Gasteiger partial charge in [-0.25, -0.2) is 19.5 Å². The van der Waals surface area contributed by atoms with Crippen LogP contribution in [0.1, 0.15) is 39.8 Å². The van der Waals surface area contributed by atoms with Gasteiger partial charge in [0.05, 0.1) is 24.5 Å². The van der Waals surface area contributed by atoms with Crippen molar-refractivity contribution in [3.63, 3.8) is 0 Å². The Labute approximate surface area is 214 Å². The van der Waals surface area contributed by atoms with E-state index in [0.29, 0.717) is 16.9 Å². The van der Waals surface area contributed by atoms with Crippen molar-refractivity contribution in [3.05, 3.63) is 48.7 Å². The summed E-state index contributed by atoms with van der Waals surface area (Å²) in [5, 5.41) is 23.8. The number of hydrogen-bond acceptors (Lipinski definition) is 11. The summed E-state index contributed by atoms with van der Waals surface area (Å²) < 4.78 is 37.1. The largest absolute Gasteiger partial charge is 0.465 e. The molecule has 6 atom stereocenters. The van der Waals surface area contributed by atoms with E-state index in [1.807, 2.05) is 0 Å². The van der Waals surface area contributed by atoms with Gasteiger partial charge in [-0.1, -0.05) is 18.2 Å². The van der Waals surface area contributed by atoms with E-state index in [0.717, 1.165) is 0 Å². The number of aryl methyl sites for hydroxylation is 1. The van der Waals surface area contributed by atoms with Crippen LogP contribution in [0.15, 0.2) is 43.0 Å². The lowest BCUT2D eigenvalue weighted by Gasteiger charge is -2.32. The smallest absolute Gasteiger partial charge is 0.459 e. The number of nitrogens with one attached hydrogen (secondary N) is 1. The number of imidazole rings is 1. The first kappa shape index (κ1) is 28.6. The normalized spacial score (nSPS) is 17.4. The number of aliphatic hydroxyl groups is 2. The molecule has 0 bridgehead atoms. The summed E-state index contributed by atoms with van der Waals surface area (Å²) in [5.74, 6) is -0.435. The van der Waals surface area contributed by atoms with E-state index in [2.05, 4.69) is 20.0 Å². The molecule has 3 rings (SSSR count). The molecule has 3 N–H and O–H groups in total. The molecule has 37 heavy (non-hydrogen) atoms. The highest BCUT2D eigenvalue weighted by molar-refractivity contribution is 7.52. The van der Waals surface area contributed by atoms with Gasteiger partial charge in [-0.15, -0.1) is 0 Å². The summed E-state index contributed by atoms with van der Waals surface area (Å²) in [5.41, 5.74) is 1.41. The average Bonchev–Trinajstić information content (AvgIpc) is 3.28. The van der Waals surface area contributed by atoms with E-state index < -0.39 is 44.5 Å². The molecular formula is C23H32N5O8P. The zero-order valence-corrected chi connectivity index (χ0v) is 22.1. The van der Waals surface area contributed by atoms with E-state index in [-0.39, 0.29) is 12.4 Å². The summed E-state index contributed by atoms with van der Waals surface area (Å²) in [4.78, 5) is 24.6. The second-order valence-corrected chi connectivity index (χ2v) is 9.91. The Morgan fingerprint density at radius 3 is 2.49 bits per heavy atom. The molecular weight excluding hydrogens is 505 g/mol. The van der Waals surface area contributed by atoms with E-state index in [1.54, 1.807) is 44.2 Å². The highest BCUT2D eigenvalue weighted by Crippen LogP contribution is 2.47. The molecule has 2 aromatic heterocycles. The number of fused-ring (bicyclic) bond motifs is 1. The van der Waals surface area contributed by atoms with Gasteiger partial charge in [0.25, 0.3) is 0 Å². The zero-order chi connectivity index (χ0) is 27.2. The first-order valence-corrected chi connectivity index (χ1v) is 13.2. The topological polar surface area (TPSA) is 167 Å². The molecule has 0 aliphatic carbocycles. The molecule has 0 aliphatic rings. The molecule has 13 nitrogen and oxygen atoms in total. The highest BCUT2D eigenvalue weighted by atomic mass is 31.2. The maximum atomic E-state index is 13.8. The van der Waals surface area contributed by atoms with Gasteiger partial charge in [0.15, 0.2) is 5.65 Å². The van der Waals surface area contributed by atoms with Crippen LogP contribution in [0.25, 0.3) is 11.2 Å². The molecule has 1 aromatic carbocycles. The molecule has 3 aromatic rings. The predicted octanol–water partition coefficient (Wildman–Crippen LogP) is 2.48. The molecule has 2 heterocycles. The number of aliphatic hydroxyl groups excluding tert-OH is 2. The van der Waals surface area contributed by atoms with Crippen molar-refractivity contribution < 1.29 is 38.1 Å². The van der Waals surface area contributed by atoms with Crippen LogP contribution in [-0.2, 0) is 23.4 Å². The lowest BCUT2D eigenvalue weighted by atomic mass is 10.1. The van der Waals surface area contributed by atoms with Crippen molar-refractivity contribution in [3.8, 4) is 5.75 Å². The van der Waals surface area contributed by atoms with Crippen LogP contribution in [0, 0.1) is 6.92 Å². The van der Waals surface area contributed by atoms with Gasteiger partial charge in [-0.3, -0.25) is 13.9 Å². The standard InChI is InChI=1S/C23H32N5O8P/c1-6-33-22(30)15(3)27-37(32,36-18-10-8-7-9-11-18)35-17(5)20(16(4)29)34-23(31)28-13-26-19-14(2)24-12-25-21(19)28/h7-13,15-17,20,23,29,31H,6H2,1-5H3,(H,27,32)/t15?,16?,17?,20-,23?,37?/m0/s1. The van der Waals surface area contributed by atoms with E-state index in [1.165, 1.54) is 38.0 Å². The number of hydrogen-bond donors (Lipinski definition) is 3. The Balaban J connectivity index is 1.82. The van der Waals surface area contributed by atoms with Gasteiger partial charge in [0.2, 0.25) is 6.41 Å². The van der Waals surface area contributed by atoms with Gasteiger partial charge in [0, 0.05) is 0 Å². The van der Waals surface area contributed by atoms with Crippen molar-refractivity contribution in [2.75, 3.05) is 6.61 Å². The number of para-hydroxylation sites is 1. The molecule has 0 saturated carbocycles. The molecule has 0 spiro atoms. The summed E-state index contributed by atoms with van der Waals surface area (Å²) in [6.07, 6.45) is -2.43. The van der Waals surface area contributed by atoms with Gasteiger partial charge >= 0.3 is 13.7 Å². The predicted molar refractivity (Wildman–Crippen MR) is 132 cm³/mol. The van der Waals surface area contributed by atoms with E-state index in [9.17, 15) is 19.6 Å². The van der Waals surface area contributed by atoms with Crippen LogP contribution < -0.4 is 9.61 Å². The molecule has 5 unspecified atom stereocenters. The number of rotatable bonds is 13.